The standard InChI is InChI=1S/C13H12N2O/c1-9-5-6-10(13(14)16)11(8-9)12-4-2-3-7-15-12/h2-8H,1H3,(H2,14,16). The van der Waals surface area contributed by atoms with E-state index in [1.54, 1.807) is 12.3 Å². The van der Waals surface area contributed by atoms with Gasteiger partial charge >= 0.3 is 0 Å². The molecule has 0 radical (unpaired) electrons. The van der Waals surface area contributed by atoms with Gasteiger partial charge in [-0.05, 0) is 31.2 Å². The lowest BCUT2D eigenvalue weighted by molar-refractivity contribution is 0.100. The van der Waals surface area contributed by atoms with Crippen LogP contribution in [0.2, 0.25) is 0 Å². The van der Waals surface area contributed by atoms with Crippen LogP contribution in [0.15, 0.2) is 42.6 Å². The molecule has 1 heterocycles. The quantitative estimate of drug-likeness (QED) is 0.829. The van der Waals surface area contributed by atoms with E-state index in [0.29, 0.717) is 5.56 Å². The molecule has 2 aromatic rings. The third kappa shape index (κ3) is 1.93. The second kappa shape index (κ2) is 4.14. The smallest absolute Gasteiger partial charge is 0.249 e. The van der Waals surface area contributed by atoms with Crippen molar-refractivity contribution in [3.8, 4) is 11.3 Å². The van der Waals surface area contributed by atoms with Crippen LogP contribution in [0.1, 0.15) is 15.9 Å². The van der Waals surface area contributed by atoms with Crippen LogP contribution in [0.25, 0.3) is 11.3 Å². The third-order valence-electron chi connectivity index (χ3n) is 2.38. The summed E-state index contributed by atoms with van der Waals surface area (Å²) in [5.74, 6) is -0.430. The predicted octanol–water partition coefficient (Wildman–Crippen LogP) is 2.16. The van der Waals surface area contributed by atoms with Crippen molar-refractivity contribution in [2.24, 2.45) is 5.73 Å². The maximum Gasteiger partial charge on any atom is 0.249 e. The van der Waals surface area contributed by atoms with Gasteiger partial charge in [0.05, 0.1) is 5.69 Å². The zero-order chi connectivity index (χ0) is 11.5. The maximum absolute atomic E-state index is 11.3. The van der Waals surface area contributed by atoms with Gasteiger partial charge in [-0.15, -0.1) is 0 Å². The van der Waals surface area contributed by atoms with Crippen molar-refractivity contribution in [2.75, 3.05) is 0 Å². The fourth-order valence-corrected chi connectivity index (χ4v) is 1.61. The molecule has 0 saturated carbocycles. The van der Waals surface area contributed by atoms with E-state index in [4.69, 9.17) is 5.73 Å². The molecule has 16 heavy (non-hydrogen) atoms. The molecule has 1 amide bonds. The number of carbonyl (C=O) groups is 1. The second-order valence-electron chi connectivity index (χ2n) is 3.63. The number of carbonyl (C=O) groups excluding carboxylic acids is 1. The first-order valence-corrected chi connectivity index (χ1v) is 5.00. The lowest BCUT2D eigenvalue weighted by Gasteiger charge is -2.06. The topological polar surface area (TPSA) is 56.0 Å². The minimum atomic E-state index is -0.430. The first kappa shape index (κ1) is 10.4. The van der Waals surface area contributed by atoms with Gasteiger partial charge in [0.15, 0.2) is 0 Å². The van der Waals surface area contributed by atoms with Gasteiger partial charge in [0, 0.05) is 17.3 Å². The first-order valence-electron chi connectivity index (χ1n) is 5.00. The Bertz CT molecular complexity index is 521. The Morgan fingerprint density at radius 3 is 2.69 bits per heavy atom. The van der Waals surface area contributed by atoms with Gasteiger partial charge in [-0.2, -0.15) is 0 Å². The average molecular weight is 212 g/mol. The Labute approximate surface area is 93.9 Å². The number of pyridine rings is 1. The number of rotatable bonds is 2. The molecule has 2 N–H and O–H groups in total. The van der Waals surface area contributed by atoms with Crippen molar-refractivity contribution in [3.63, 3.8) is 0 Å². The van der Waals surface area contributed by atoms with E-state index in [9.17, 15) is 4.79 Å². The van der Waals surface area contributed by atoms with E-state index in [-0.39, 0.29) is 0 Å². The van der Waals surface area contributed by atoms with Crippen LogP contribution in [0, 0.1) is 6.92 Å². The fourth-order valence-electron chi connectivity index (χ4n) is 1.61. The summed E-state index contributed by atoms with van der Waals surface area (Å²) >= 11 is 0. The molecule has 80 valence electrons. The molecule has 0 unspecified atom stereocenters. The van der Waals surface area contributed by atoms with E-state index < -0.39 is 5.91 Å². The normalized spacial score (nSPS) is 10.1. The summed E-state index contributed by atoms with van der Waals surface area (Å²) in [6.07, 6.45) is 1.70. The Hall–Kier alpha value is -2.16. The van der Waals surface area contributed by atoms with E-state index in [0.717, 1.165) is 16.8 Å². The largest absolute Gasteiger partial charge is 0.366 e. The molecular formula is C13H12N2O. The molecule has 0 atom stereocenters. The van der Waals surface area contributed by atoms with Gasteiger partial charge < -0.3 is 5.73 Å². The molecular weight excluding hydrogens is 200 g/mol. The first-order chi connectivity index (χ1) is 7.68. The van der Waals surface area contributed by atoms with Gasteiger partial charge in [-0.3, -0.25) is 9.78 Å². The van der Waals surface area contributed by atoms with Gasteiger partial charge in [0.2, 0.25) is 5.91 Å². The minimum absolute atomic E-state index is 0.430. The number of nitrogens with two attached hydrogens (primary N) is 1. The number of aromatic nitrogens is 1. The Morgan fingerprint density at radius 2 is 2.06 bits per heavy atom. The highest BCUT2D eigenvalue weighted by molar-refractivity contribution is 5.99. The molecule has 1 aromatic carbocycles. The van der Waals surface area contributed by atoms with Crippen LogP contribution in [-0.4, -0.2) is 10.9 Å². The van der Waals surface area contributed by atoms with Crippen molar-refractivity contribution in [1.82, 2.24) is 4.98 Å². The molecule has 0 aliphatic heterocycles. The van der Waals surface area contributed by atoms with Crippen LogP contribution < -0.4 is 5.73 Å². The van der Waals surface area contributed by atoms with Crippen molar-refractivity contribution in [1.29, 1.82) is 0 Å². The Kier molecular flexibility index (Phi) is 2.68. The highest BCUT2D eigenvalue weighted by atomic mass is 16.1. The van der Waals surface area contributed by atoms with Gasteiger partial charge in [0.25, 0.3) is 0 Å². The number of hydrogen-bond acceptors (Lipinski definition) is 2. The summed E-state index contributed by atoms with van der Waals surface area (Å²) < 4.78 is 0. The second-order valence-corrected chi connectivity index (χ2v) is 3.63. The van der Waals surface area contributed by atoms with Crippen molar-refractivity contribution < 1.29 is 4.79 Å². The molecule has 0 bridgehead atoms. The number of aryl methyl sites for hydroxylation is 1. The summed E-state index contributed by atoms with van der Waals surface area (Å²) in [6, 6.07) is 11.1. The van der Waals surface area contributed by atoms with Crippen LogP contribution in [0.5, 0.6) is 0 Å². The number of hydrogen-bond donors (Lipinski definition) is 1. The summed E-state index contributed by atoms with van der Waals surface area (Å²) in [7, 11) is 0. The van der Waals surface area contributed by atoms with Gasteiger partial charge in [-0.1, -0.05) is 17.7 Å². The summed E-state index contributed by atoms with van der Waals surface area (Å²) in [5.41, 5.74) is 8.46. The Balaban J connectivity index is 2.63. The average Bonchev–Trinajstić information content (AvgIpc) is 2.29. The van der Waals surface area contributed by atoms with Crippen molar-refractivity contribution in [2.45, 2.75) is 6.92 Å². The summed E-state index contributed by atoms with van der Waals surface area (Å²) in [4.78, 5) is 15.5. The number of nitrogens with zero attached hydrogens (tertiary/aromatic N) is 1. The van der Waals surface area contributed by atoms with Crippen LogP contribution >= 0.6 is 0 Å². The van der Waals surface area contributed by atoms with Crippen LogP contribution in [0.4, 0.5) is 0 Å². The molecule has 0 fully saturated rings. The number of amides is 1. The highest BCUT2D eigenvalue weighted by Gasteiger charge is 2.10. The monoisotopic (exact) mass is 212 g/mol. The van der Waals surface area contributed by atoms with Crippen LogP contribution in [0.3, 0.4) is 0 Å². The molecule has 3 heteroatoms. The zero-order valence-electron chi connectivity index (χ0n) is 8.97. The van der Waals surface area contributed by atoms with Crippen molar-refractivity contribution in [3.05, 3.63) is 53.7 Å². The highest BCUT2D eigenvalue weighted by Crippen LogP contribution is 2.22. The molecule has 0 saturated heterocycles. The number of benzene rings is 1. The lowest BCUT2D eigenvalue weighted by Crippen LogP contribution is -2.12. The third-order valence-corrected chi connectivity index (χ3v) is 2.38. The molecule has 2 rings (SSSR count). The summed E-state index contributed by atoms with van der Waals surface area (Å²) in [6.45, 7) is 1.97. The number of primary amides is 1. The molecule has 0 aliphatic rings. The molecule has 0 aliphatic carbocycles. The summed E-state index contributed by atoms with van der Waals surface area (Å²) in [5, 5.41) is 0. The van der Waals surface area contributed by atoms with Crippen LogP contribution in [-0.2, 0) is 0 Å². The SMILES string of the molecule is Cc1ccc(C(N)=O)c(-c2ccccn2)c1. The van der Waals surface area contributed by atoms with E-state index in [1.165, 1.54) is 0 Å². The van der Waals surface area contributed by atoms with Gasteiger partial charge in [-0.25, -0.2) is 0 Å². The van der Waals surface area contributed by atoms with E-state index in [1.807, 2.05) is 37.3 Å². The van der Waals surface area contributed by atoms with E-state index >= 15 is 0 Å². The molecule has 0 spiro atoms. The lowest BCUT2D eigenvalue weighted by atomic mass is 10.0. The fraction of sp³-hybridized carbons (Fsp3) is 0.0769. The van der Waals surface area contributed by atoms with Gasteiger partial charge in [0.1, 0.15) is 0 Å². The minimum Gasteiger partial charge on any atom is -0.366 e. The zero-order valence-corrected chi connectivity index (χ0v) is 8.97. The van der Waals surface area contributed by atoms with Crippen molar-refractivity contribution >= 4 is 5.91 Å². The molecule has 1 aromatic heterocycles. The molecule has 3 nitrogen and oxygen atoms in total. The Morgan fingerprint density at radius 1 is 1.25 bits per heavy atom. The van der Waals surface area contributed by atoms with E-state index in [2.05, 4.69) is 4.98 Å². The maximum atomic E-state index is 11.3. The predicted molar refractivity (Wildman–Crippen MR) is 62.9 cm³/mol.